The minimum atomic E-state index is -0.523. The Morgan fingerprint density at radius 3 is 2.65 bits per heavy atom. The van der Waals surface area contributed by atoms with Gasteiger partial charge in [-0.05, 0) is 35.0 Å². The zero-order valence-corrected chi connectivity index (χ0v) is 10.5. The van der Waals surface area contributed by atoms with E-state index < -0.39 is 4.92 Å². The molecule has 6 nitrogen and oxygen atoms in total. The topological polar surface area (TPSA) is 87.0 Å². The predicted octanol–water partition coefficient (Wildman–Crippen LogP) is 2.43. The maximum Gasteiger partial charge on any atom is 0.333 e. The third kappa shape index (κ3) is 1.89. The summed E-state index contributed by atoms with van der Waals surface area (Å²) >= 11 is 3.35. The summed E-state index contributed by atoms with van der Waals surface area (Å²) in [6.45, 7) is 1.56. The molecule has 2 N–H and O–H groups in total. The summed E-state index contributed by atoms with van der Waals surface area (Å²) in [4.78, 5) is 10.3. The summed E-state index contributed by atoms with van der Waals surface area (Å²) in [6, 6.07) is 7.24. The molecule has 0 saturated carbocycles. The summed E-state index contributed by atoms with van der Waals surface area (Å²) in [5.41, 5.74) is 6.55. The number of hydrogen-bond donors (Lipinski definition) is 1. The van der Waals surface area contributed by atoms with E-state index in [0.717, 1.165) is 4.47 Å². The van der Waals surface area contributed by atoms with Crippen LogP contribution in [0.15, 0.2) is 28.7 Å². The van der Waals surface area contributed by atoms with E-state index in [2.05, 4.69) is 21.0 Å². The lowest BCUT2D eigenvalue weighted by Crippen LogP contribution is -2.03. The first-order valence-corrected chi connectivity index (χ1v) is 5.56. The van der Waals surface area contributed by atoms with Crippen molar-refractivity contribution in [3.05, 3.63) is 44.5 Å². The van der Waals surface area contributed by atoms with Gasteiger partial charge in [0.05, 0.1) is 10.6 Å². The van der Waals surface area contributed by atoms with Gasteiger partial charge in [-0.2, -0.15) is 5.10 Å². The zero-order chi connectivity index (χ0) is 12.6. The lowest BCUT2D eigenvalue weighted by molar-refractivity contribution is -0.384. The number of nitrogens with two attached hydrogens (primary N) is 1. The van der Waals surface area contributed by atoms with E-state index in [1.54, 1.807) is 13.0 Å². The smallest absolute Gasteiger partial charge is 0.333 e. The fourth-order valence-electron chi connectivity index (χ4n) is 1.57. The fourth-order valence-corrected chi connectivity index (χ4v) is 2.02. The average Bonchev–Trinajstić information content (AvgIpc) is 2.55. The van der Waals surface area contributed by atoms with Crippen molar-refractivity contribution >= 4 is 27.4 Å². The number of halogens is 1. The van der Waals surface area contributed by atoms with Gasteiger partial charge in [-0.1, -0.05) is 12.1 Å². The van der Waals surface area contributed by atoms with Crippen LogP contribution in [0.3, 0.4) is 0 Å². The van der Waals surface area contributed by atoms with Gasteiger partial charge < -0.3 is 5.73 Å². The molecule has 2 rings (SSSR count). The maximum atomic E-state index is 10.8. The molecule has 0 atom stereocenters. The van der Waals surface area contributed by atoms with E-state index in [1.807, 2.05) is 18.2 Å². The number of aromatic nitrogens is 2. The van der Waals surface area contributed by atoms with Crippen molar-refractivity contribution in [2.24, 2.45) is 0 Å². The molecule has 0 unspecified atom stereocenters. The molecule has 0 radical (unpaired) electrons. The number of para-hydroxylation sites is 1. The predicted molar refractivity (Wildman–Crippen MR) is 67.1 cm³/mol. The summed E-state index contributed by atoms with van der Waals surface area (Å²) in [7, 11) is 0. The normalized spacial score (nSPS) is 10.5. The van der Waals surface area contributed by atoms with Crippen molar-refractivity contribution < 1.29 is 4.92 Å². The summed E-state index contributed by atoms with van der Waals surface area (Å²) in [5, 5.41) is 14.9. The minimum absolute atomic E-state index is 0.0272. The zero-order valence-electron chi connectivity index (χ0n) is 8.92. The fraction of sp³-hybridized carbons (Fsp3) is 0.100. The molecule has 1 aromatic heterocycles. The molecule has 88 valence electrons. The Bertz CT molecular complexity index is 594. The number of anilines is 1. The summed E-state index contributed by atoms with van der Waals surface area (Å²) < 4.78 is 2.13. The third-order valence-corrected chi connectivity index (χ3v) is 3.00. The summed E-state index contributed by atoms with van der Waals surface area (Å²) in [5.74, 6) is 0.0272. The van der Waals surface area contributed by atoms with Gasteiger partial charge in [0, 0.05) is 4.47 Å². The van der Waals surface area contributed by atoms with Gasteiger partial charge in [-0.25, -0.2) is 4.68 Å². The lowest BCUT2D eigenvalue weighted by atomic mass is 10.3. The highest BCUT2D eigenvalue weighted by atomic mass is 79.9. The van der Waals surface area contributed by atoms with Crippen LogP contribution < -0.4 is 5.73 Å². The molecule has 0 aliphatic rings. The number of rotatable bonds is 2. The molecule has 2 aromatic rings. The molecule has 0 aliphatic carbocycles. The Morgan fingerprint density at radius 2 is 2.12 bits per heavy atom. The van der Waals surface area contributed by atoms with E-state index in [4.69, 9.17) is 5.73 Å². The van der Waals surface area contributed by atoms with Gasteiger partial charge in [0.1, 0.15) is 5.69 Å². The standard InChI is InChI=1S/C10H9BrN4O2/c1-6-9(15(16)17)10(12)14(13-6)8-5-3-2-4-7(8)11/h2-5H,12H2,1H3. The molecule has 7 heteroatoms. The molecule has 0 saturated heterocycles. The third-order valence-electron chi connectivity index (χ3n) is 2.33. The Balaban J connectivity index is 2.66. The van der Waals surface area contributed by atoms with Crippen molar-refractivity contribution in [3.63, 3.8) is 0 Å². The molecule has 0 amide bonds. The van der Waals surface area contributed by atoms with Crippen molar-refractivity contribution in [2.45, 2.75) is 6.92 Å². The molecular weight excluding hydrogens is 288 g/mol. The van der Waals surface area contributed by atoms with Crippen LogP contribution in [0.25, 0.3) is 5.69 Å². The second-order valence-electron chi connectivity index (χ2n) is 3.44. The van der Waals surface area contributed by atoms with E-state index in [9.17, 15) is 10.1 Å². The number of hydrogen-bond acceptors (Lipinski definition) is 4. The van der Waals surface area contributed by atoms with Crippen molar-refractivity contribution in [1.29, 1.82) is 0 Å². The molecule has 1 heterocycles. The lowest BCUT2D eigenvalue weighted by Gasteiger charge is -2.04. The van der Waals surface area contributed by atoms with Crippen molar-refractivity contribution in [2.75, 3.05) is 5.73 Å². The van der Waals surface area contributed by atoms with Gasteiger partial charge in [-0.15, -0.1) is 0 Å². The molecule has 0 aliphatic heterocycles. The van der Waals surface area contributed by atoms with Crippen LogP contribution in [0.4, 0.5) is 11.5 Å². The van der Waals surface area contributed by atoms with Crippen LogP contribution in [0.5, 0.6) is 0 Å². The monoisotopic (exact) mass is 296 g/mol. The van der Waals surface area contributed by atoms with Crippen molar-refractivity contribution in [1.82, 2.24) is 9.78 Å². The first-order chi connectivity index (χ1) is 8.02. The highest BCUT2D eigenvalue weighted by Crippen LogP contribution is 2.30. The van der Waals surface area contributed by atoms with Crippen LogP contribution in [0.1, 0.15) is 5.69 Å². The number of nitro groups is 1. The van der Waals surface area contributed by atoms with Crippen LogP contribution in [0.2, 0.25) is 0 Å². The van der Waals surface area contributed by atoms with E-state index >= 15 is 0 Å². The highest BCUT2D eigenvalue weighted by molar-refractivity contribution is 9.10. The molecule has 0 spiro atoms. The second-order valence-corrected chi connectivity index (χ2v) is 4.29. The number of benzene rings is 1. The first-order valence-electron chi connectivity index (χ1n) is 4.76. The van der Waals surface area contributed by atoms with Crippen LogP contribution >= 0.6 is 15.9 Å². The van der Waals surface area contributed by atoms with Crippen LogP contribution in [0, 0.1) is 17.0 Å². The average molecular weight is 297 g/mol. The SMILES string of the molecule is Cc1nn(-c2ccccc2Br)c(N)c1[N+](=O)[O-]. The van der Waals surface area contributed by atoms with Gasteiger partial charge in [0.2, 0.25) is 5.82 Å². The van der Waals surface area contributed by atoms with Gasteiger partial charge in [0.25, 0.3) is 0 Å². The number of aryl methyl sites for hydroxylation is 1. The van der Waals surface area contributed by atoms with Crippen LogP contribution in [-0.4, -0.2) is 14.7 Å². The molecule has 0 bridgehead atoms. The second kappa shape index (κ2) is 4.17. The largest absolute Gasteiger partial charge is 0.378 e. The first kappa shape index (κ1) is 11.6. The van der Waals surface area contributed by atoms with E-state index in [-0.39, 0.29) is 11.5 Å². The van der Waals surface area contributed by atoms with Crippen molar-refractivity contribution in [3.8, 4) is 5.69 Å². The minimum Gasteiger partial charge on any atom is -0.378 e. The number of nitrogen functional groups attached to an aromatic ring is 1. The molecule has 1 aromatic carbocycles. The Kier molecular flexibility index (Phi) is 2.84. The highest BCUT2D eigenvalue weighted by Gasteiger charge is 2.24. The quantitative estimate of drug-likeness (QED) is 0.681. The number of nitrogens with zero attached hydrogens (tertiary/aromatic N) is 3. The molecular formula is C10H9BrN4O2. The maximum absolute atomic E-state index is 10.8. The molecule has 17 heavy (non-hydrogen) atoms. The van der Waals surface area contributed by atoms with Gasteiger partial charge in [-0.3, -0.25) is 10.1 Å². The van der Waals surface area contributed by atoms with Gasteiger partial charge in [0.15, 0.2) is 0 Å². The van der Waals surface area contributed by atoms with E-state index in [1.165, 1.54) is 4.68 Å². The van der Waals surface area contributed by atoms with Gasteiger partial charge >= 0.3 is 5.69 Å². The van der Waals surface area contributed by atoms with Crippen LogP contribution in [-0.2, 0) is 0 Å². The summed E-state index contributed by atoms with van der Waals surface area (Å²) in [6.07, 6.45) is 0. The Labute approximate surface area is 105 Å². The molecule has 0 fully saturated rings. The Morgan fingerprint density at radius 1 is 1.47 bits per heavy atom. The Hall–Kier alpha value is -1.89. The van der Waals surface area contributed by atoms with E-state index in [0.29, 0.717) is 11.4 Å².